The minimum Gasteiger partial charge on any atom is -0.329 e. The zero-order valence-electron chi connectivity index (χ0n) is 9.50. The number of halogens is 3. The molecule has 1 N–H and O–H groups in total. The molecule has 3 nitrogen and oxygen atoms in total. The lowest BCUT2D eigenvalue weighted by Gasteiger charge is -2.07. The molecule has 18 heavy (non-hydrogen) atoms. The monoisotopic (exact) mass is 275 g/mol. The molecular formula is C11H12F3N3S. The summed E-state index contributed by atoms with van der Waals surface area (Å²) in [6.45, 7) is 0.485. The van der Waals surface area contributed by atoms with Gasteiger partial charge in [-0.2, -0.15) is 13.2 Å². The lowest BCUT2D eigenvalue weighted by atomic mass is 10.2. The van der Waals surface area contributed by atoms with Gasteiger partial charge in [-0.3, -0.25) is 4.98 Å². The first kappa shape index (κ1) is 13.1. The predicted molar refractivity (Wildman–Crippen MR) is 64.8 cm³/mol. The standard InChI is InChI=1S/C11H12F3N3S/c12-11(13,14)4-1-2-6-17-9-3-5-15-7-8(9)16-10(17)18/h3,5,7H,1-2,4,6H2,(H,16,18). The van der Waals surface area contributed by atoms with Crippen molar-refractivity contribution >= 4 is 23.3 Å². The van der Waals surface area contributed by atoms with Crippen molar-refractivity contribution in [3.63, 3.8) is 0 Å². The fraction of sp³-hybridized carbons (Fsp3) is 0.455. The fourth-order valence-corrected chi connectivity index (χ4v) is 2.13. The summed E-state index contributed by atoms with van der Waals surface area (Å²) in [4.78, 5) is 6.93. The van der Waals surface area contributed by atoms with E-state index < -0.39 is 12.6 Å². The molecule has 98 valence electrons. The molecule has 2 heterocycles. The molecule has 0 atom stereocenters. The number of H-pyrrole nitrogens is 1. The second kappa shape index (κ2) is 5.09. The van der Waals surface area contributed by atoms with E-state index in [9.17, 15) is 13.2 Å². The quantitative estimate of drug-likeness (QED) is 0.679. The Bertz CT molecular complexity index is 585. The first-order valence-corrected chi connectivity index (χ1v) is 5.97. The summed E-state index contributed by atoms with van der Waals surface area (Å²) in [5.74, 6) is 0. The Morgan fingerprint density at radius 1 is 1.33 bits per heavy atom. The van der Waals surface area contributed by atoms with E-state index in [1.807, 2.05) is 4.57 Å². The van der Waals surface area contributed by atoms with Crippen molar-refractivity contribution < 1.29 is 13.2 Å². The summed E-state index contributed by atoms with van der Waals surface area (Å²) in [5.41, 5.74) is 1.68. The predicted octanol–water partition coefficient (Wildman–Crippen LogP) is 3.83. The molecule has 0 amide bonds. The number of rotatable bonds is 4. The van der Waals surface area contributed by atoms with E-state index >= 15 is 0 Å². The molecule has 0 fully saturated rings. The molecule has 0 bridgehead atoms. The average Bonchev–Trinajstić information content (AvgIpc) is 2.59. The highest BCUT2D eigenvalue weighted by Gasteiger charge is 2.25. The van der Waals surface area contributed by atoms with Gasteiger partial charge in [0.1, 0.15) is 0 Å². The third kappa shape index (κ3) is 3.10. The number of nitrogens with one attached hydrogen (secondary N) is 1. The number of aromatic amines is 1. The molecule has 0 aliphatic rings. The second-order valence-corrected chi connectivity index (χ2v) is 4.43. The van der Waals surface area contributed by atoms with Crippen molar-refractivity contribution in [2.75, 3.05) is 0 Å². The molecule has 0 aliphatic carbocycles. The lowest BCUT2D eigenvalue weighted by molar-refractivity contribution is -0.135. The van der Waals surface area contributed by atoms with Crippen LogP contribution in [0.5, 0.6) is 0 Å². The highest BCUT2D eigenvalue weighted by molar-refractivity contribution is 7.71. The highest BCUT2D eigenvalue weighted by atomic mass is 32.1. The Labute approximate surface area is 107 Å². The second-order valence-electron chi connectivity index (χ2n) is 4.05. The fourth-order valence-electron chi connectivity index (χ4n) is 1.83. The maximum atomic E-state index is 12.0. The number of hydrogen-bond donors (Lipinski definition) is 1. The third-order valence-corrected chi connectivity index (χ3v) is 2.99. The van der Waals surface area contributed by atoms with Crippen molar-refractivity contribution in [2.24, 2.45) is 0 Å². The average molecular weight is 275 g/mol. The van der Waals surface area contributed by atoms with Gasteiger partial charge in [0.15, 0.2) is 4.77 Å². The van der Waals surface area contributed by atoms with E-state index in [0.29, 0.717) is 17.7 Å². The van der Waals surface area contributed by atoms with Gasteiger partial charge in [-0.05, 0) is 31.1 Å². The van der Waals surface area contributed by atoms with Crippen molar-refractivity contribution in [3.8, 4) is 0 Å². The maximum Gasteiger partial charge on any atom is 0.389 e. The summed E-state index contributed by atoms with van der Waals surface area (Å²) < 4.78 is 38.4. The Hall–Kier alpha value is -1.37. The van der Waals surface area contributed by atoms with Crippen molar-refractivity contribution in [3.05, 3.63) is 23.2 Å². The van der Waals surface area contributed by atoms with Gasteiger partial charge in [0.05, 0.1) is 17.2 Å². The largest absolute Gasteiger partial charge is 0.389 e. The van der Waals surface area contributed by atoms with E-state index in [1.165, 1.54) is 0 Å². The van der Waals surface area contributed by atoms with E-state index in [1.54, 1.807) is 18.5 Å². The van der Waals surface area contributed by atoms with E-state index in [-0.39, 0.29) is 6.42 Å². The van der Waals surface area contributed by atoms with E-state index in [0.717, 1.165) is 11.0 Å². The van der Waals surface area contributed by atoms with Crippen LogP contribution in [0.4, 0.5) is 13.2 Å². The molecule has 0 aliphatic heterocycles. The summed E-state index contributed by atoms with van der Waals surface area (Å²) in [6, 6.07) is 1.80. The topological polar surface area (TPSA) is 33.6 Å². The zero-order chi connectivity index (χ0) is 13.2. The number of pyridine rings is 1. The van der Waals surface area contributed by atoms with E-state index in [2.05, 4.69) is 9.97 Å². The number of nitrogens with zero attached hydrogens (tertiary/aromatic N) is 2. The van der Waals surface area contributed by atoms with Gasteiger partial charge in [0.25, 0.3) is 0 Å². The zero-order valence-corrected chi connectivity index (χ0v) is 10.3. The van der Waals surface area contributed by atoms with Crippen molar-refractivity contribution in [1.29, 1.82) is 0 Å². The van der Waals surface area contributed by atoms with Crippen molar-refractivity contribution in [2.45, 2.75) is 32.0 Å². The Kier molecular flexibility index (Phi) is 3.70. The van der Waals surface area contributed by atoms with Gasteiger partial charge in [-0.15, -0.1) is 0 Å². The van der Waals surface area contributed by atoms with Crippen LogP contribution in [0.25, 0.3) is 11.0 Å². The van der Waals surface area contributed by atoms with E-state index in [4.69, 9.17) is 12.2 Å². The van der Waals surface area contributed by atoms with Crippen LogP contribution < -0.4 is 0 Å². The number of fused-ring (bicyclic) bond motifs is 1. The van der Waals surface area contributed by atoms with Crippen LogP contribution in [0.1, 0.15) is 19.3 Å². The molecular weight excluding hydrogens is 263 g/mol. The summed E-state index contributed by atoms with van der Waals surface area (Å²) in [7, 11) is 0. The van der Waals surface area contributed by atoms with Crippen LogP contribution in [-0.2, 0) is 6.54 Å². The van der Waals surface area contributed by atoms with Gasteiger partial charge < -0.3 is 9.55 Å². The summed E-state index contributed by atoms with van der Waals surface area (Å²) in [5, 5.41) is 0. The van der Waals surface area contributed by atoms with Crippen LogP contribution in [0, 0.1) is 4.77 Å². The molecule has 0 radical (unpaired) electrons. The van der Waals surface area contributed by atoms with Gasteiger partial charge >= 0.3 is 6.18 Å². The Balaban J connectivity index is 2.04. The van der Waals surface area contributed by atoms with Crippen LogP contribution >= 0.6 is 12.2 Å². The van der Waals surface area contributed by atoms with Crippen LogP contribution in [0.3, 0.4) is 0 Å². The smallest absolute Gasteiger partial charge is 0.329 e. The number of aryl methyl sites for hydroxylation is 1. The molecule has 0 unspecified atom stereocenters. The van der Waals surface area contributed by atoms with Crippen molar-refractivity contribution in [1.82, 2.24) is 14.5 Å². The van der Waals surface area contributed by atoms with Crippen LogP contribution in [-0.4, -0.2) is 20.7 Å². The van der Waals surface area contributed by atoms with Crippen LogP contribution in [0.2, 0.25) is 0 Å². The SMILES string of the molecule is FC(F)(F)CCCCn1c(=S)[nH]c2cnccc21. The number of imidazole rings is 1. The Morgan fingerprint density at radius 3 is 2.83 bits per heavy atom. The molecule has 2 aromatic rings. The Morgan fingerprint density at radius 2 is 2.11 bits per heavy atom. The van der Waals surface area contributed by atoms with Gasteiger partial charge in [0, 0.05) is 19.2 Å². The number of alkyl halides is 3. The first-order chi connectivity index (χ1) is 8.47. The molecule has 2 rings (SSSR count). The maximum absolute atomic E-state index is 12.0. The first-order valence-electron chi connectivity index (χ1n) is 5.57. The molecule has 0 saturated heterocycles. The normalized spacial score (nSPS) is 12.2. The molecule has 0 spiro atoms. The van der Waals surface area contributed by atoms with Gasteiger partial charge in [0.2, 0.25) is 0 Å². The lowest BCUT2D eigenvalue weighted by Crippen LogP contribution is -2.07. The number of unbranched alkanes of at least 4 members (excludes halogenated alkanes) is 1. The minimum absolute atomic E-state index is 0.114. The molecule has 7 heteroatoms. The summed E-state index contributed by atoms with van der Waals surface area (Å²) in [6.07, 6.45) is -0.976. The highest BCUT2D eigenvalue weighted by Crippen LogP contribution is 2.22. The van der Waals surface area contributed by atoms with Gasteiger partial charge in [-0.25, -0.2) is 0 Å². The third-order valence-electron chi connectivity index (χ3n) is 2.67. The molecule has 0 aromatic carbocycles. The molecule has 0 saturated carbocycles. The van der Waals surface area contributed by atoms with Gasteiger partial charge in [-0.1, -0.05) is 0 Å². The minimum atomic E-state index is -4.08. The number of aromatic nitrogens is 3. The number of hydrogen-bond acceptors (Lipinski definition) is 2. The van der Waals surface area contributed by atoms with Crippen LogP contribution in [0.15, 0.2) is 18.5 Å². The summed E-state index contributed by atoms with van der Waals surface area (Å²) >= 11 is 5.13. The molecule has 2 aromatic heterocycles.